The molecule has 1 atom stereocenters. The topological polar surface area (TPSA) is 47.6 Å². The smallest absolute Gasteiger partial charge is 0.319 e. The van der Waals surface area contributed by atoms with Crippen molar-refractivity contribution in [1.29, 1.82) is 0 Å². The standard InChI is InChI=1S/C19H25ClN4O/c1-23(2)17-10-8-14(9-11-17)18(24(3)4)13-21-19(25)22-16-7-5-6-15(20)12-16/h5-12,18H,13H2,1-4H3,(H2,21,22,25)/t18-/m0/s1. The summed E-state index contributed by atoms with van der Waals surface area (Å²) < 4.78 is 0. The van der Waals surface area contributed by atoms with E-state index < -0.39 is 0 Å². The first kappa shape index (κ1) is 19.1. The molecule has 0 radical (unpaired) electrons. The van der Waals surface area contributed by atoms with Gasteiger partial charge in [-0.1, -0.05) is 29.8 Å². The summed E-state index contributed by atoms with van der Waals surface area (Å²) in [7, 11) is 8.03. The van der Waals surface area contributed by atoms with Gasteiger partial charge in [0, 0.05) is 37.0 Å². The van der Waals surface area contributed by atoms with Gasteiger partial charge in [0.25, 0.3) is 0 Å². The molecule has 0 fully saturated rings. The summed E-state index contributed by atoms with van der Waals surface area (Å²) in [6, 6.07) is 15.3. The Kier molecular flexibility index (Phi) is 6.67. The number of halogens is 1. The number of urea groups is 1. The maximum atomic E-state index is 12.1. The number of likely N-dealkylation sites (N-methyl/N-ethyl adjacent to an activating group) is 1. The van der Waals surface area contributed by atoms with E-state index in [-0.39, 0.29) is 12.1 Å². The van der Waals surface area contributed by atoms with Gasteiger partial charge in [-0.3, -0.25) is 0 Å². The molecule has 2 amide bonds. The lowest BCUT2D eigenvalue weighted by Crippen LogP contribution is -2.36. The van der Waals surface area contributed by atoms with E-state index in [2.05, 4.69) is 44.7 Å². The molecule has 134 valence electrons. The highest BCUT2D eigenvalue weighted by Gasteiger charge is 2.15. The van der Waals surface area contributed by atoms with Gasteiger partial charge in [-0.25, -0.2) is 4.79 Å². The predicted octanol–water partition coefficient (Wildman–Crippen LogP) is 3.83. The van der Waals surface area contributed by atoms with Crippen LogP contribution in [0, 0.1) is 0 Å². The second-order valence-corrected chi connectivity index (χ2v) is 6.75. The molecule has 0 saturated heterocycles. The van der Waals surface area contributed by atoms with E-state index in [1.165, 1.54) is 0 Å². The Morgan fingerprint density at radius 3 is 2.32 bits per heavy atom. The summed E-state index contributed by atoms with van der Waals surface area (Å²) in [5, 5.41) is 6.30. The first-order chi connectivity index (χ1) is 11.9. The van der Waals surface area contributed by atoms with Gasteiger partial charge in [0.1, 0.15) is 0 Å². The molecular weight excluding hydrogens is 336 g/mol. The van der Waals surface area contributed by atoms with Crippen LogP contribution in [0.3, 0.4) is 0 Å². The molecule has 5 nitrogen and oxygen atoms in total. The second-order valence-electron chi connectivity index (χ2n) is 6.31. The molecule has 2 rings (SSSR count). The fourth-order valence-electron chi connectivity index (χ4n) is 2.52. The molecule has 0 aromatic heterocycles. The Morgan fingerprint density at radius 2 is 1.76 bits per heavy atom. The lowest BCUT2D eigenvalue weighted by molar-refractivity contribution is 0.243. The number of benzene rings is 2. The zero-order valence-electron chi connectivity index (χ0n) is 15.1. The summed E-state index contributed by atoms with van der Waals surface area (Å²) >= 11 is 5.93. The molecule has 0 spiro atoms. The molecule has 25 heavy (non-hydrogen) atoms. The number of carbonyl (C=O) groups excluding carboxylic acids is 1. The first-order valence-electron chi connectivity index (χ1n) is 8.11. The number of nitrogens with one attached hydrogen (secondary N) is 2. The average molecular weight is 361 g/mol. The van der Waals surface area contributed by atoms with E-state index in [1.807, 2.05) is 28.2 Å². The van der Waals surface area contributed by atoms with Crippen LogP contribution < -0.4 is 15.5 Å². The highest BCUT2D eigenvalue weighted by atomic mass is 35.5. The number of anilines is 2. The molecule has 0 saturated carbocycles. The summed E-state index contributed by atoms with van der Waals surface area (Å²) in [6.07, 6.45) is 0. The molecule has 0 bridgehead atoms. The minimum atomic E-state index is -0.251. The zero-order valence-corrected chi connectivity index (χ0v) is 15.8. The van der Waals surface area contributed by atoms with Gasteiger partial charge in [-0.05, 0) is 50.0 Å². The van der Waals surface area contributed by atoms with Crippen LogP contribution in [-0.4, -0.2) is 45.7 Å². The van der Waals surface area contributed by atoms with Gasteiger partial charge in [-0.15, -0.1) is 0 Å². The normalized spacial score (nSPS) is 11.9. The van der Waals surface area contributed by atoms with Gasteiger partial charge in [0.2, 0.25) is 0 Å². The lowest BCUT2D eigenvalue weighted by atomic mass is 10.1. The monoisotopic (exact) mass is 360 g/mol. The number of hydrogen-bond donors (Lipinski definition) is 2. The minimum Gasteiger partial charge on any atom is -0.378 e. The van der Waals surface area contributed by atoms with Crippen molar-refractivity contribution in [3.05, 3.63) is 59.1 Å². The minimum absolute atomic E-state index is 0.0846. The molecule has 2 aromatic carbocycles. The van der Waals surface area contributed by atoms with Gasteiger partial charge >= 0.3 is 6.03 Å². The van der Waals surface area contributed by atoms with Crippen LogP contribution in [0.1, 0.15) is 11.6 Å². The molecule has 2 aromatic rings. The maximum absolute atomic E-state index is 12.1. The van der Waals surface area contributed by atoms with E-state index in [1.54, 1.807) is 24.3 Å². The number of rotatable bonds is 6. The molecule has 0 heterocycles. The van der Waals surface area contributed by atoms with Crippen molar-refractivity contribution < 1.29 is 4.79 Å². The molecular formula is C19H25ClN4O. The summed E-state index contributed by atoms with van der Waals surface area (Å²) in [5.41, 5.74) is 2.97. The third-order valence-corrected chi connectivity index (χ3v) is 4.19. The number of hydrogen-bond acceptors (Lipinski definition) is 3. The number of amides is 2. The van der Waals surface area contributed by atoms with E-state index >= 15 is 0 Å². The first-order valence-corrected chi connectivity index (χ1v) is 8.48. The van der Waals surface area contributed by atoms with Gasteiger partial charge in [-0.2, -0.15) is 0 Å². The van der Waals surface area contributed by atoms with Gasteiger partial charge < -0.3 is 20.4 Å². The molecule has 0 aliphatic heterocycles. The number of nitrogens with zero attached hydrogens (tertiary/aromatic N) is 2. The third kappa shape index (κ3) is 5.66. The van der Waals surface area contributed by atoms with Crippen molar-refractivity contribution in [3.63, 3.8) is 0 Å². The van der Waals surface area contributed by atoms with Crippen LogP contribution in [0.5, 0.6) is 0 Å². The lowest BCUT2D eigenvalue weighted by Gasteiger charge is -2.26. The summed E-state index contributed by atoms with van der Waals surface area (Å²) in [6.45, 7) is 0.501. The van der Waals surface area contributed by atoms with Crippen molar-refractivity contribution in [2.45, 2.75) is 6.04 Å². The zero-order chi connectivity index (χ0) is 18.4. The van der Waals surface area contributed by atoms with Crippen LogP contribution in [0.4, 0.5) is 16.2 Å². The van der Waals surface area contributed by atoms with Crippen LogP contribution in [0.2, 0.25) is 5.02 Å². The Balaban J connectivity index is 1.98. The van der Waals surface area contributed by atoms with Crippen LogP contribution in [-0.2, 0) is 0 Å². The molecule has 2 N–H and O–H groups in total. The van der Waals surface area contributed by atoms with Crippen molar-refractivity contribution in [2.75, 3.05) is 45.0 Å². The Hall–Kier alpha value is -2.24. The van der Waals surface area contributed by atoms with Crippen molar-refractivity contribution in [1.82, 2.24) is 10.2 Å². The molecule has 0 unspecified atom stereocenters. The van der Waals surface area contributed by atoms with Crippen LogP contribution >= 0.6 is 11.6 Å². The average Bonchev–Trinajstić information content (AvgIpc) is 2.55. The molecule has 6 heteroatoms. The van der Waals surface area contributed by atoms with Gasteiger partial charge in [0.05, 0.1) is 6.04 Å². The van der Waals surface area contributed by atoms with E-state index in [0.717, 1.165) is 11.3 Å². The highest BCUT2D eigenvalue weighted by molar-refractivity contribution is 6.30. The maximum Gasteiger partial charge on any atom is 0.319 e. The van der Waals surface area contributed by atoms with E-state index in [4.69, 9.17) is 11.6 Å². The largest absolute Gasteiger partial charge is 0.378 e. The van der Waals surface area contributed by atoms with Crippen LogP contribution in [0.15, 0.2) is 48.5 Å². The Bertz CT molecular complexity index is 701. The fraction of sp³-hybridized carbons (Fsp3) is 0.316. The summed E-state index contributed by atoms with van der Waals surface area (Å²) in [4.78, 5) is 16.3. The van der Waals surface area contributed by atoms with E-state index in [9.17, 15) is 4.79 Å². The summed E-state index contributed by atoms with van der Waals surface area (Å²) in [5.74, 6) is 0. The van der Waals surface area contributed by atoms with Crippen molar-refractivity contribution in [3.8, 4) is 0 Å². The fourth-order valence-corrected chi connectivity index (χ4v) is 2.71. The second kappa shape index (κ2) is 8.74. The van der Waals surface area contributed by atoms with Crippen molar-refractivity contribution in [2.24, 2.45) is 0 Å². The van der Waals surface area contributed by atoms with Gasteiger partial charge in [0.15, 0.2) is 0 Å². The van der Waals surface area contributed by atoms with Crippen molar-refractivity contribution >= 4 is 29.0 Å². The Labute approximate surface area is 154 Å². The highest BCUT2D eigenvalue weighted by Crippen LogP contribution is 2.21. The molecule has 0 aliphatic rings. The number of carbonyl (C=O) groups is 1. The Morgan fingerprint density at radius 1 is 1.08 bits per heavy atom. The van der Waals surface area contributed by atoms with E-state index in [0.29, 0.717) is 17.3 Å². The third-order valence-electron chi connectivity index (χ3n) is 3.96. The van der Waals surface area contributed by atoms with Crippen LogP contribution in [0.25, 0.3) is 0 Å². The molecule has 0 aliphatic carbocycles. The SMILES string of the molecule is CN(C)c1ccc([C@H](CNC(=O)Nc2cccc(Cl)c2)N(C)C)cc1. The predicted molar refractivity (Wildman–Crippen MR) is 106 cm³/mol. The quantitative estimate of drug-likeness (QED) is 0.823.